The molecular formula is C57H92O7Si4. The number of allylic oxidation sites excluding steroid dienone is 2. The van der Waals surface area contributed by atoms with Crippen molar-refractivity contribution in [2.24, 2.45) is 0 Å². The molecule has 11 heteroatoms. The van der Waals surface area contributed by atoms with Gasteiger partial charge in [0.25, 0.3) is 8.32 Å². The van der Waals surface area contributed by atoms with Crippen molar-refractivity contribution >= 4 is 43.2 Å². The van der Waals surface area contributed by atoms with E-state index in [1.165, 1.54) is 15.9 Å². The van der Waals surface area contributed by atoms with Crippen molar-refractivity contribution in [1.29, 1.82) is 0 Å². The van der Waals surface area contributed by atoms with Gasteiger partial charge in [0.05, 0.1) is 50.8 Å². The zero-order valence-electron chi connectivity index (χ0n) is 45.5. The van der Waals surface area contributed by atoms with Gasteiger partial charge in [0.2, 0.25) is 0 Å². The lowest BCUT2D eigenvalue weighted by Gasteiger charge is -2.42. The molecule has 1 heterocycles. The molecule has 4 rings (SSSR count). The van der Waals surface area contributed by atoms with Crippen LogP contribution in [0.2, 0.25) is 74.5 Å². The van der Waals surface area contributed by atoms with Crippen LogP contribution >= 0.6 is 0 Å². The van der Waals surface area contributed by atoms with E-state index in [2.05, 4.69) is 193 Å². The molecule has 0 unspecified atom stereocenters. The van der Waals surface area contributed by atoms with Crippen molar-refractivity contribution in [1.82, 2.24) is 0 Å². The van der Waals surface area contributed by atoms with E-state index in [4.69, 9.17) is 27.8 Å². The van der Waals surface area contributed by atoms with Crippen molar-refractivity contribution < 1.29 is 32.9 Å². The molecule has 378 valence electrons. The average molecular weight is 1000 g/mol. The summed E-state index contributed by atoms with van der Waals surface area (Å²) in [6.45, 7) is 38.5. The van der Waals surface area contributed by atoms with E-state index in [-0.39, 0.29) is 28.4 Å². The van der Waals surface area contributed by atoms with E-state index < -0.39 is 44.7 Å². The fourth-order valence-corrected chi connectivity index (χ4v) is 20.2. The van der Waals surface area contributed by atoms with Gasteiger partial charge in [-0.3, -0.25) is 0 Å². The number of rotatable bonds is 24. The summed E-state index contributed by atoms with van der Waals surface area (Å²) in [5, 5.41) is 15.1. The molecule has 1 aliphatic rings. The third-order valence-electron chi connectivity index (χ3n) is 13.4. The van der Waals surface area contributed by atoms with E-state index in [1.54, 1.807) is 7.11 Å². The van der Waals surface area contributed by atoms with Crippen LogP contribution in [-0.4, -0.2) is 88.4 Å². The van der Waals surface area contributed by atoms with Gasteiger partial charge in [0, 0.05) is 29.0 Å². The van der Waals surface area contributed by atoms with Crippen LogP contribution < -0.4 is 15.1 Å². The van der Waals surface area contributed by atoms with Gasteiger partial charge in [-0.25, -0.2) is 0 Å². The third kappa shape index (κ3) is 18.2. The molecule has 0 spiro atoms. The van der Waals surface area contributed by atoms with Gasteiger partial charge in [0.15, 0.2) is 14.6 Å². The summed E-state index contributed by atoms with van der Waals surface area (Å²) in [5.74, 6) is 0.831. The summed E-state index contributed by atoms with van der Waals surface area (Å²) in [5.41, 5.74) is 2.70. The maximum absolute atomic E-state index is 12.5. The van der Waals surface area contributed by atoms with Gasteiger partial charge in [-0.1, -0.05) is 183 Å². The molecule has 3 aromatic carbocycles. The molecule has 4 atom stereocenters. The summed E-state index contributed by atoms with van der Waals surface area (Å²) in [6.07, 6.45) is 10.6. The second-order valence-electron chi connectivity index (χ2n) is 24.7. The molecule has 0 saturated carbocycles. The quantitative estimate of drug-likeness (QED) is 0.0708. The van der Waals surface area contributed by atoms with Crippen LogP contribution in [0.3, 0.4) is 0 Å². The fraction of sp³-hybridized carbons (Fsp3) is 0.579. The maximum atomic E-state index is 12.5. The summed E-state index contributed by atoms with van der Waals surface area (Å²) < 4.78 is 39.6. The van der Waals surface area contributed by atoms with E-state index in [0.717, 1.165) is 35.4 Å². The van der Waals surface area contributed by atoms with Crippen LogP contribution in [0.4, 0.5) is 0 Å². The Hall–Kier alpha value is -2.69. The smallest absolute Gasteiger partial charge is 0.261 e. The highest BCUT2D eigenvalue weighted by atomic mass is 28.4. The molecule has 0 bridgehead atoms. The van der Waals surface area contributed by atoms with Crippen molar-refractivity contribution in [3.8, 4) is 5.75 Å². The van der Waals surface area contributed by atoms with Crippen LogP contribution in [0.1, 0.15) is 86.6 Å². The molecule has 0 aliphatic carbocycles. The second kappa shape index (κ2) is 24.6. The molecule has 0 radical (unpaired) electrons. The topological polar surface area (TPSA) is 75.6 Å². The van der Waals surface area contributed by atoms with E-state index in [0.29, 0.717) is 39.1 Å². The first-order chi connectivity index (χ1) is 31.5. The number of benzene rings is 3. The summed E-state index contributed by atoms with van der Waals surface area (Å²) in [4.78, 5) is 0. The van der Waals surface area contributed by atoms with Gasteiger partial charge in [-0.2, -0.15) is 0 Å². The summed E-state index contributed by atoms with van der Waals surface area (Å²) in [6, 6.07) is 31.4. The Balaban J connectivity index is 1.57. The normalized spacial score (nSPS) is 19.1. The SMILES string of the molecule is COc1ccc(COC[C@@H](C/C(C)=C/[C@H]2O[C@@H](CC(O)(C[Si](C)(C)C)C[Si](C)(C)C)C[C@@H](/C=C/C/C(C)=C\CO[Si](c3ccccc3)(c3ccccc3)C(C)(C)C)O2)O[Si](C)(C)C(C)(C)C)cc1. The van der Waals surface area contributed by atoms with Gasteiger partial charge in [0.1, 0.15) is 5.75 Å². The highest BCUT2D eigenvalue weighted by Gasteiger charge is 2.50. The van der Waals surface area contributed by atoms with Gasteiger partial charge in [-0.05, 0) is 96.1 Å². The Kier molecular flexibility index (Phi) is 21.0. The first-order valence-corrected chi connectivity index (χ1v) is 37.4. The monoisotopic (exact) mass is 1000 g/mol. The first kappa shape index (κ1) is 57.9. The van der Waals surface area contributed by atoms with Crippen molar-refractivity contribution in [3.63, 3.8) is 0 Å². The Labute approximate surface area is 418 Å². The number of hydrogen-bond acceptors (Lipinski definition) is 7. The molecule has 1 fully saturated rings. The lowest BCUT2D eigenvalue weighted by molar-refractivity contribution is -0.217. The van der Waals surface area contributed by atoms with Crippen LogP contribution in [0.25, 0.3) is 0 Å². The standard InChI is InChI=1S/C57H92O7Si4/c1-45(35-36-61-68(56(6,7)8,52-27-20-18-21-28-52)53-29-22-19-23-30-53)25-24-26-49-39-50(40-57(58,43-65(10,11)12)44-66(13,14)15)63-54(62-49)38-46(2)37-51(64-67(16,17)55(3,4)5)42-60-41-47-31-33-48(59-9)34-32-47/h18-24,26-35,38,49-51,54,58H,25,36-37,39-44H2,1-17H3/b26-24+,45-35-,46-38+/t49-,50-,51-,54-/m1/s1. The minimum absolute atomic E-state index is 0.0491. The number of methoxy groups -OCH3 is 1. The maximum Gasteiger partial charge on any atom is 0.261 e. The summed E-state index contributed by atoms with van der Waals surface area (Å²) >= 11 is 0. The lowest BCUT2D eigenvalue weighted by atomic mass is 9.95. The van der Waals surface area contributed by atoms with Crippen molar-refractivity contribution in [2.75, 3.05) is 20.3 Å². The molecule has 1 saturated heterocycles. The van der Waals surface area contributed by atoms with Gasteiger partial charge >= 0.3 is 0 Å². The highest BCUT2D eigenvalue weighted by Crippen LogP contribution is 2.40. The molecular weight excluding hydrogens is 909 g/mol. The molecule has 68 heavy (non-hydrogen) atoms. The largest absolute Gasteiger partial charge is 0.497 e. The number of aliphatic hydroxyl groups is 1. The third-order valence-corrected chi connectivity index (χ3v) is 26.3. The van der Waals surface area contributed by atoms with Crippen LogP contribution in [-0.2, 0) is 29.7 Å². The number of hydrogen-bond donors (Lipinski definition) is 1. The Morgan fingerprint density at radius 3 is 1.81 bits per heavy atom. The van der Waals surface area contributed by atoms with Crippen molar-refractivity contribution in [2.45, 2.75) is 192 Å². The average Bonchev–Trinajstić information content (AvgIpc) is 3.20. The lowest BCUT2D eigenvalue weighted by Crippen LogP contribution is -2.66. The Morgan fingerprint density at radius 2 is 1.31 bits per heavy atom. The van der Waals surface area contributed by atoms with Crippen LogP contribution in [0.15, 0.2) is 120 Å². The van der Waals surface area contributed by atoms with Crippen LogP contribution in [0, 0.1) is 0 Å². The van der Waals surface area contributed by atoms with E-state index in [9.17, 15) is 5.11 Å². The summed E-state index contributed by atoms with van der Waals surface area (Å²) in [7, 11) is -6.32. The Morgan fingerprint density at radius 1 is 0.750 bits per heavy atom. The van der Waals surface area contributed by atoms with E-state index in [1.807, 2.05) is 24.3 Å². The van der Waals surface area contributed by atoms with Gasteiger partial charge in [-0.15, -0.1) is 0 Å². The number of ether oxygens (including phenoxy) is 4. The van der Waals surface area contributed by atoms with Crippen molar-refractivity contribution in [3.05, 3.63) is 126 Å². The van der Waals surface area contributed by atoms with E-state index >= 15 is 0 Å². The van der Waals surface area contributed by atoms with Crippen LogP contribution in [0.5, 0.6) is 5.75 Å². The first-order valence-electron chi connectivity index (χ1n) is 25.2. The zero-order valence-corrected chi connectivity index (χ0v) is 49.5. The molecule has 1 aliphatic heterocycles. The molecule has 3 aromatic rings. The minimum Gasteiger partial charge on any atom is -0.497 e. The molecule has 0 aromatic heterocycles. The molecule has 7 nitrogen and oxygen atoms in total. The predicted octanol–water partition coefficient (Wildman–Crippen LogP) is 13.7. The zero-order chi connectivity index (χ0) is 50.6. The predicted molar refractivity (Wildman–Crippen MR) is 298 cm³/mol. The minimum atomic E-state index is -2.64. The molecule has 0 amide bonds. The fourth-order valence-electron chi connectivity index (χ4n) is 9.68. The molecule has 1 N–H and O–H groups in total. The van der Waals surface area contributed by atoms with Gasteiger partial charge < -0.3 is 32.9 Å². The Bertz CT molecular complexity index is 2000. The second-order valence-corrected chi connectivity index (χ2v) is 44.7. The highest BCUT2D eigenvalue weighted by molar-refractivity contribution is 6.99.